The molecule has 0 aromatic rings. The first kappa shape index (κ1) is 16.0. The maximum Gasteiger partial charge on any atom is 0.140 e. The molecule has 2 aliphatic carbocycles. The van der Waals surface area contributed by atoms with E-state index in [9.17, 15) is 4.79 Å². The van der Waals surface area contributed by atoms with Crippen molar-refractivity contribution < 1.29 is 4.79 Å². The lowest BCUT2D eigenvalue weighted by Crippen LogP contribution is -2.36. The van der Waals surface area contributed by atoms with Crippen LogP contribution < -0.4 is 5.32 Å². The fourth-order valence-corrected chi connectivity index (χ4v) is 4.24. The Bertz CT molecular complexity index is 334. The molecule has 0 aromatic heterocycles. The van der Waals surface area contributed by atoms with Crippen LogP contribution in [0.5, 0.6) is 0 Å². The molecule has 0 aliphatic heterocycles. The van der Waals surface area contributed by atoms with Crippen LogP contribution in [0.4, 0.5) is 0 Å². The standard InChI is InChI=1S/C18H33NO/c1-5-6-11-19-15-12-16(20)18(13-15)9-7-14(8-10-18)17(2,3)4/h14-15,19H,5-13H2,1-4H3. The van der Waals surface area contributed by atoms with Gasteiger partial charge in [-0.05, 0) is 56.4 Å². The zero-order valence-corrected chi connectivity index (χ0v) is 13.9. The van der Waals surface area contributed by atoms with Gasteiger partial charge in [-0.1, -0.05) is 34.1 Å². The molecule has 2 fully saturated rings. The summed E-state index contributed by atoms with van der Waals surface area (Å²) in [7, 11) is 0. The summed E-state index contributed by atoms with van der Waals surface area (Å²) in [6.07, 6.45) is 9.11. The summed E-state index contributed by atoms with van der Waals surface area (Å²) in [6.45, 7) is 10.3. The molecule has 1 atom stereocenters. The summed E-state index contributed by atoms with van der Waals surface area (Å²) in [5.41, 5.74) is 0.452. The Morgan fingerprint density at radius 1 is 1.25 bits per heavy atom. The van der Waals surface area contributed by atoms with Gasteiger partial charge in [0.25, 0.3) is 0 Å². The molecule has 1 spiro atoms. The van der Waals surface area contributed by atoms with Crippen molar-refractivity contribution in [2.45, 2.75) is 85.1 Å². The number of ketones is 1. The van der Waals surface area contributed by atoms with Crippen molar-refractivity contribution in [2.75, 3.05) is 6.54 Å². The molecule has 20 heavy (non-hydrogen) atoms. The van der Waals surface area contributed by atoms with E-state index in [0.717, 1.165) is 38.1 Å². The SMILES string of the molecule is CCCCNC1CC(=O)C2(CCC(C(C)(C)C)CC2)C1. The van der Waals surface area contributed by atoms with E-state index in [1.807, 2.05) is 0 Å². The smallest absolute Gasteiger partial charge is 0.140 e. The summed E-state index contributed by atoms with van der Waals surface area (Å²) in [4.78, 5) is 12.5. The van der Waals surface area contributed by atoms with Gasteiger partial charge in [-0.3, -0.25) is 4.79 Å². The molecule has 0 amide bonds. The molecule has 2 heteroatoms. The van der Waals surface area contributed by atoms with Crippen LogP contribution in [-0.4, -0.2) is 18.4 Å². The maximum absolute atomic E-state index is 12.5. The van der Waals surface area contributed by atoms with Crippen LogP contribution in [0.1, 0.15) is 79.1 Å². The Hall–Kier alpha value is -0.370. The summed E-state index contributed by atoms with van der Waals surface area (Å²) in [5.74, 6) is 1.35. The summed E-state index contributed by atoms with van der Waals surface area (Å²) in [6, 6.07) is 0.459. The number of carbonyl (C=O) groups is 1. The largest absolute Gasteiger partial charge is 0.314 e. The van der Waals surface area contributed by atoms with Gasteiger partial charge in [0.1, 0.15) is 5.78 Å². The predicted molar refractivity (Wildman–Crippen MR) is 84.8 cm³/mol. The van der Waals surface area contributed by atoms with Crippen molar-refractivity contribution in [1.82, 2.24) is 5.32 Å². The van der Waals surface area contributed by atoms with Crippen molar-refractivity contribution >= 4 is 5.78 Å². The third-order valence-corrected chi connectivity index (χ3v) is 5.79. The van der Waals surface area contributed by atoms with Gasteiger partial charge in [-0.2, -0.15) is 0 Å². The third-order valence-electron chi connectivity index (χ3n) is 5.79. The minimum atomic E-state index is 0.0473. The average molecular weight is 279 g/mol. The number of rotatable bonds is 4. The summed E-state index contributed by atoms with van der Waals surface area (Å²) in [5, 5.41) is 3.61. The zero-order chi connectivity index (χ0) is 14.8. The highest BCUT2D eigenvalue weighted by Crippen LogP contribution is 2.51. The number of hydrogen-bond donors (Lipinski definition) is 1. The minimum Gasteiger partial charge on any atom is -0.314 e. The van der Waals surface area contributed by atoms with Gasteiger partial charge in [0.15, 0.2) is 0 Å². The molecular formula is C18H33NO. The molecule has 1 N–H and O–H groups in total. The number of unbranched alkanes of at least 4 members (excludes halogenated alkanes) is 1. The molecule has 2 saturated carbocycles. The quantitative estimate of drug-likeness (QED) is 0.776. The molecule has 1 unspecified atom stereocenters. The van der Waals surface area contributed by atoms with Crippen molar-refractivity contribution in [3.63, 3.8) is 0 Å². The average Bonchev–Trinajstić information content (AvgIpc) is 2.66. The molecule has 0 aromatic carbocycles. The first-order valence-corrected chi connectivity index (χ1v) is 8.64. The van der Waals surface area contributed by atoms with Gasteiger partial charge in [0, 0.05) is 17.9 Å². The lowest BCUT2D eigenvalue weighted by molar-refractivity contribution is -0.128. The summed E-state index contributed by atoms with van der Waals surface area (Å²) < 4.78 is 0. The number of carbonyl (C=O) groups excluding carboxylic acids is 1. The molecule has 2 rings (SSSR count). The van der Waals surface area contributed by atoms with Crippen molar-refractivity contribution in [3.05, 3.63) is 0 Å². The Morgan fingerprint density at radius 2 is 1.90 bits per heavy atom. The van der Waals surface area contributed by atoms with Gasteiger partial charge in [-0.25, -0.2) is 0 Å². The highest BCUT2D eigenvalue weighted by atomic mass is 16.1. The topological polar surface area (TPSA) is 29.1 Å². The van der Waals surface area contributed by atoms with E-state index < -0.39 is 0 Å². The molecule has 116 valence electrons. The van der Waals surface area contributed by atoms with Crippen LogP contribution >= 0.6 is 0 Å². The van der Waals surface area contributed by atoms with E-state index in [0.29, 0.717) is 17.2 Å². The van der Waals surface area contributed by atoms with Gasteiger partial charge < -0.3 is 5.32 Å². The maximum atomic E-state index is 12.5. The number of nitrogens with one attached hydrogen (secondary N) is 1. The Balaban J connectivity index is 1.88. The first-order valence-electron chi connectivity index (χ1n) is 8.64. The molecule has 0 bridgehead atoms. The van der Waals surface area contributed by atoms with E-state index in [4.69, 9.17) is 0 Å². The monoisotopic (exact) mass is 279 g/mol. The van der Waals surface area contributed by atoms with E-state index in [2.05, 4.69) is 33.0 Å². The zero-order valence-electron chi connectivity index (χ0n) is 13.9. The summed E-state index contributed by atoms with van der Waals surface area (Å²) >= 11 is 0. The third kappa shape index (κ3) is 3.44. The molecular weight excluding hydrogens is 246 g/mol. The molecule has 2 nitrogen and oxygen atoms in total. The van der Waals surface area contributed by atoms with Crippen LogP contribution in [0, 0.1) is 16.7 Å². The fraction of sp³-hybridized carbons (Fsp3) is 0.944. The van der Waals surface area contributed by atoms with E-state index >= 15 is 0 Å². The Morgan fingerprint density at radius 3 is 2.45 bits per heavy atom. The second-order valence-corrected chi connectivity index (χ2v) is 8.26. The van der Waals surface area contributed by atoms with Crippen molar-refractivity contribution in [1.29, 1.82) is 0 Å². The van der Waals surface area contributed by atoms with Crippen LogP contribution in [0.25, 0.3) is 0 Å². The van der Waals surface area contributed by atoms with Gasteiger partial charge in [0.2, 0.25) is 0 Å². The Labute approximate surface area is 125 Å². The number of hydrogen-bond acceptors (Lipinski definition) is 2. The normalized spacial score (nSPS) is 34.9. The van der Waals surface area contributed by atoms with Crippen molar-refractivity contribution in [2.24, 2.45) is 16.7 Å². The van der Waals surface area contributed by atoms with E-state index in [-0.39, 0.29) is 5.41 Å². The highest BCUT2D eigenvalue weighted by molar-refractivity contribution is 5.87. The van der Waals surface area contributed by atoms with E-state index in [1.54, 1.807) is 0 Å². The van der Waals surface area contributed by atoms with E-state index in [1.165, 1.54) is 25.7 Å². The minimum absolute atomic E-state index is 0.0473. The van der Waals surface area contributed by atoms with Gasteiger partial charge in [-0.15, -0.1) is 0 Å². The van der Waals surface area contributed by atoms with Crippen LogP contribution in [0.15, 0.2) is 0 Å². The second kappa shape index (κ2) is 6.17. The number of Topliss-reactive ketones (excluding diaryl/α,β-unsaturated/α-hetero) is 1. The molecule has 0 heterocycles. The first-order chi connectivity index (χ1) is 9.37. The molecule has 0 saturated heterocycles. The van der Waals surface area contributed by atoms with Gasteiger partial charge in [0.05, 0.1) is 0 Å². The predicted octanol–water partition coefficient (Wildman–Crippen LogP) is 4.33. The Kier molecular flexibility index (Phi) is 4.94. The fourth-order valence-electron chi connectivity index (χ4n) is 4.24. The van der Waals surface area contributed by atoms with Crippen LogP contribution in [0.2, 0.25) is 0 Å². The van der Waals surface area contributed by atoms with Gasteiger partial charge >= 0.3 is 0 Å². The second-order valence-electron chi connectivity index (χ2n) is 8.26. The van der Waals surface area contributed by atoms with Crippen molar-refractivity contribution in [3.8, 4) is 0 Å². The molecule has 0 radical (unpaired) electrons. The highest BCUT2D eigenvalue weighted by Gasteiger charge is 2.49. The van der Waals surface area contributed by atoms with Crippen LogP contribution in [-0.2, 0) is 4.79 Å². The van der Waals surface area contributed by atoms with Crippen LogP contribution in [0.3, 0.4) is 0 Å². The molecule has 2 aliphatic rings. The lowest BCUT2D eigenvalue weighted by atomic mass is 9.63. The lowest BCUT2D eigenvalue weighted by Gasteiger charge is -2.41.